The molecule has 0 aliphatic heterocycles. The number of nitrogens with one attached hydrogen (secondary N) is 2. The average Bonchev–Trinajstić information content (AvgIpc) is 2.62. The van der Waals surface area contributed by atoms with Gasteiger partial charge in [-0.15, -0.1) is 0 Å². The molecule has 0 fully saturated rings. The second-order valence-electron chi connectivity index (χ2n) is 6.66. The largest absolute Gasteiger partial charge is 0.370 e. The Bertz CT molecular complexity index is 859. The molecule has 0 unspecified atom stereocenters. The third-order valence-electron chi connectivity index (χ3n) is 4.41. The highest BCUT2D eigenvalue weighted by Crippen LogP contribution is 2.19. The molecule has 2 aromatic carbocycles. The zero-order valence-corrected chi connectivity index (χ0v) is 15.7. The second-order valence-corrected chi connectivity index (χ2v) is 6.66. The van der Waals surface area contributed by atoms with E-state index < -0.39 is 0 Å². The van der Waals surface area contributed by atoms with Gasteiger partial charge < -0.3 is 10.6 Å². The van der Waals surface area contributed by atoms with Crippen LogP contribution in [0.15, 0.2) is 54.6 Å². The van der Waals surface area contributed by atoms with E-state index in [2.05, 4.69) is 83.0 Å². The minimum atomic E-state index is 0.624. The molecule has 0 atom stereocenters. The minimum Gasteiger partial charge on any atom is -0.370 e. The number of nitrogens with zero attached hydrogens (tertiary/aromatic N) is 2. The van der Waals surface area contributed by atoms with Crippen molar-refractivity contribution in [1.82, 2.24) is 9.97 Å². The number of rotatable bonds is 7. The van der Waals surface area contributed by atoms with Crippen molar-refractivity contribution in [3.8, 4) is 0 Å². The summed E-state index contributed by atoms with van der Waals surface area (Å²) < 4.78 is 0. The fourth-order valence-corrected chi connectivity index (χ4v) is 2.82. The van der Waals surface area contributed by atoms with Crippen molar-refractivity contribution in [3.63, 3.8) is 0 Å². The summed E-state index contributed by atoms with van der Waals surface area (Å²) in [4.78, 5) is 9.09. The van der Waals surface area contributed by atoms with Gasteiger partial charge in [0, 0.05) is 24.0 Å². The van der Waals surface area contributed by atoms with Crippen LogP contribution >= 0.6 is 0 Å². The van der Waals surface area contributed by atoms with Gasteiger partial charge in [-0.05, 0) is 62.4 Å². The molecule has 0 radical (unpaired) electrons. The van der Waals surface area contributed by atoms with Gasteiger partial charge >= 0.3 is 0 Å². The Kier molecular flexibility index (Phi) is 5.84. The zero-order valence-electron chi connectivity index (χ0n) is 15.7. The Hall–Kier alpha value is -2.88. The van der Waals surface area contributed by atoms with Gasteiger partial charge in [-0.3, -0.25) is 0 Å². The highest BCUT2D eigenvalue weighted by molar-refractivity contribution is 5.57. The topological polar surface area (TPSA) is 49.8 Å². The van der Waals surface area contributed by atoms with Crippen molar-refractivity contribution in [3.05, 3.63) is 77.0 Å². The molecule has 134 valence electrons. The van der Waals surface area contributed by atoms with Gasteiger partial charge in [-0.25, -0.2) is 4.98 Å². The molecule has 0 aliphatic rings. The summed E-state index contributed by atoms with van der Waals surface area (Å²) in [5.41, 5.74) is 5.85. The number of hydrogen-bond donors (Lipinski definition) is 2. The van der Waals surface area contributed by atoms with Crippen LogP contribution in [0.4, 0.5) is 17.5 Å². The van der Waals surface area contributed by atoms with E-state index in [0.717, 1.165) is 36.6 Å². The third kappa shape index (κ3) is 5.06. The van der Waals surface area contributed by atoms with Gasteiger partial charge in [0.1, 0.15) is 5.82 Å². The molecule has 4 heteroatoms. The van der Waals surface area contributed by atoms with Crippen molar-refractivity contribution >= 4 is 17.5 Å². The van der Waals surface area contributed by atoms with Crippen LogP contribution < -0.4 is 10.6 Å². The van der Waals surface area contributed by atoms with Crippen LogP contribution in [0.25, 0.3) is 0 Å². The number of aryl methyl sites for hydroxylation is 4. The first kappa shape index (κ1) is 17.9. The highest BCUT2D eigenvalue weighted by atomic mass is 15.1. The normalized spacial score (nSPS) is 10.6. The van der Waals surface area contributed by atoms with Crippen LogP contribution in [0.3, 0.4) is 0 Å². The molecule has 1 aromatic heterocycles. The molecule has 0 spiro atoms. The molecular formula is C22H26N4. The highest BCUT2D eigenvalue weighted by Gasteiger charge is 2.04. The monoisotopic (exact) mass is 346 g/mol. The summed E-state index contributed by atoms with van der Waals surface area (Å²) >= 11 is 0. The fourth-order valence-electron chi connectivity index (χ4n) is 2.82. The van der Waals surface area contributed by atoms with E-state index in [1.54, 1.807) is 0 Å². The van der Waals surface area contributed by atoms with Gasteiger partial charge in [0.2, 0.25) is 5.95 Å². The van der Waals surface area contributed by atoms with E-state index in [-0.39, 0.29) is 0 Å². The maximum atomic E-state index is 4.59. The summed E-state index contributed by atoms with van der Waals surface area (Å²) in [6.45, 7) is 7.09. The number of hydrogen-bond acceptors (Lipinski definition) is 4. The molecule has 3 aromatic rings. The lowest BCUT2D eigenvalue weighted by Gasteiger charge is -2.11. The molecular weight excluding hydrogens is 320 g/mol. The molecule has 4 nitrogen and oxygen atoms in total. The quantitative estimate of drug-likeness (QED) is 0.578. The Morgan fingerprint density at radius 3 is 2.42 bits per heavy atom. The van der Waals surface area contributed by atoms with Crippen molar-refractivity contribution < 1.29 is 0 Å². The Balaban J connectivity index is 1.59. The predicted molar refractivity (Wildman–Crippen MR) is 109 cm³/mol. The van der Waals surface area contributed by atoms with Gasteiger partial charge in [-0.2, -0.15) is 4.98 Å². The molecule has 3 rings (SSSR count). The standard InChI is InChI=1S/C22H26N4/c1-16-11-12-20(14-17(16)2)25-22-24-18(3)15-21(26-22)23-13-7-10-19-8-5-4-6-9-19/h4-6,8-9,11-12,14-15H,7,10,13H2,1-3H3,(H2,23,24,25,26). The number of benzene rings is 2. The summed E-state index contributed by atoms with van der Waals surface area (Å²) in [5.74, 6) is 1.48. The van der Waals surface area contributed by atoms with Crippen LogP contribution in [0, 0.1) is 20.8 Å². The smallest absolute Gasteiger partial charge is 0.229 e. The first-order valence-electron chi connectivity index (χ1n) is 9.08. The molecule has 0 amide bonds. The van der Waals surface area contributed by atoms with Crippen molar-refractivity contribution in [2.24, 2.45) is 0 Å². The van der Waals surface area contributed by atoms with E-state index in [1.807, 2.05) is 13.0 Å². The van der Waals surface area contributed by atoms with Crippen molar-refractivity contribution in [2.75, 3.05) is 17.2 Å². The molecule has 0 aliphatic carbocycles. The fraction of sp³-hybridized carbons (Fsp3) is 0.273. The lowest BCUT2D eigenvalue weighted by Crippen LogP contribution is -2.07. The van der Waals surface area contributed by atoms with E-state index in [0.29, 0.717) is 5.95 Å². The lowest BCUT2D eigenvalue weighted by atomic mass is 10.1. The van der Waals surface area contributed by atoms with Gasteiger partial charge in [-0.1, -0.05) is 36.4 Å². The zero-order chi connectivity index (χ0) is 18.4. The summed E-state index contributed by atoms with van der Waals surface area (Å²) in [6, 6.07) is 18.8. The van der Waals surface area contributed by atoms with E-state index in [4.69, 9.17) is 0 Å². The van der Waals surface area contributed by atoms with Crippen molar-refractivity contribution in [2.45, 2.75) is 33.6 Å². The molecule has 26 heavy (non-hydrogen) atoms. The second kappa shape index (κ2) is 8.48. The summed E-state index contributed by atoms with van der Waals surface area (Å²) in [7, 11) is 0. The van der Waals surface area contributed by atoms with Crippen LogP contribution in [0.2, 0.25) is 0 Å². The lowest BCUT2D eigenvalue weighted by molar-refractivity contribution is 0.857. The van der Waals surface area contributed by atoms with Gasteiger partial charge in [0.25, 0.3) is 0 Å². The van der Waals surface area contributed by atoms with E-state index in [9.17, 15) is 0 Å². The maximum Gasteiger partial charge on any atom is 0.229 e. The van der Waals surface area contributed by atoms with E-state index in [1.165, 1.54) is 16.7 Å². The summed E-state index contributed by atoms with van der Waals surface area (Å²) in [5, 5.41) is 6.72. The number of aromatic nitrogens is 2. The van der Waals surface area contributed by atoms with Crippen LogP contribution in [0.5, 0.6) is 0 Å². The van der Waals surface area contributed by atoms with Gasteiger partial charge in [0.15, 0.2) is 0 Å². The molecule has 0 saturated heterocycles. The van der Waals surface area contributed by atoms with Crippen LogP contribution in [0.1, 0.15) is 28.8 Å². The van der Waals surface area contributed by atoms with Crippen LogP contribution in [-0.4, -0.2) is 16.5 Å². The Morgan fingerprint density at radius 1 is 0.846 bits per heavy atom. The number of anilines is 3. The van der Waals surface area contributed by atoms with E-state index >= 15 is 0 Å². The first-order chi connectivity index (χ1) is 12.6. The average molecular weight is 346 g/mol. The Morgan fingerprint density at radius 2 is 1.65 bits per heavy atom. The molecule has 2 N–H and O–H groups in total. The minimum absolute atomic E-state index is 0.624. The van der Waals surface area contributed by atoms with Gasteiger partial charge in [0.05, 0.1) is 0 Å². The summed E-state index contributed by atoms with van der Waals surface area (Å²) in [6.07, 6.45) is 2.12. The van der Waals surface area contributed by atoms with Crippen molar-refractivity contribution in [1.29, 1.82) is 0 Å². The predicted octanol–water partition coefficient (Wildman–Crippen LogP) is 5.19. The maximum absolute atomic E-state index is 4.59. The Labute approximate surface area is 155 Å². The molecule has 0 saturated carbocycles. The first-order valence-corrected chi connectivity index (χ1v) is 9.08. The molecule has 1 heterocycles. The molecule has 0 bridgehead atoms. The SMILES string of the molecule is Cc1cc(NCCCc2ccccc2)nc(Nc2ccc(C)c(C)c2)n1. The third-order valence-corrected chi connectivity index (χ3v) is 4.41. The van der Waals surface area contributed by atoms with Crippen LogP contribution in [-0.2, 0) is 6.42 Å².